The molecule has 0 spiro atoms. The Morgan fingerprint density at radius 3 is 1.57 bits per heavy atom. The molecule has 2 aromatic carbocycles. The molecule has 2 aliphatic carbocycles. The number of methoxy groups -OCH3 is 2. The highest BCUT2D eigenvalue weighted by Gasteiger charge is 2.29. The Morgan fingerprint density at radius 2 is 1.12 bits per heavy atom. The van der Waals surface area contributed by atoms with Gasteiger partial charge in [0, 0.05) is 43.8 Å². The number of aldehydes is 1. The predicted octanol–water partition coefficient (Wildman–Crippen LogP) is 12.8. The van der Waals surface area contributed by atoms with E-state index >= 15 is 0 Å². The first-order valence-electron chi connectivity index (χ1n) is 24.2. The van der Waals surface area contributed by atoms with Gasteiger partial charge in [0.2, 0.25) is 0 Å². The Morgan fingerprint density at radius 1 is 0.646 bits per heavy atom. The number of benzene rings is 2. The number of aliphatic hydroxyl groups is 3. The van der Waals surface area contributed by atoms with Crippen molar-refractivity contribution in [3.05, 3.63) is 120 Å². The lowest BCUT2D eigenvalue weighted by atomic mass is 9.83. The third-order valence-electron chi connectivity index (χ3n) is 12.0. The van der Waals surface area contributed by atoms with Gasteiger partial charge < -0.3 is 34.2 Å². The lowest BCUT2D eigenvalue weighted by molar-refractivity contribution is -0.108. The fourth-order valence-corrected chi connectivity index (χ4v) is 10.7. The number of carbonyl (C=O) groups excluding carboxylic acids is 1. The maximum Gasteiger partial charge on any atom is 0.146 e. The second-order valence-corrected chi connectivity index (χ2v) is 24.4. The molecule has 0 aromatic heterocycles. The van der Waals surface area contributed by atoms with Gasteiger partial charge in [-0.05, 0) is 107 Å². The van der Waals surface area contributed by atoms with Crippen LogP contribution in [-0.2, 0) is 18.8 Å². The fraction of sp³-hybridized carbons (Fsp3) is 0.596. The molecular weight excluding hydrogens is 828 g/mol. The van der Waals surface area contributed by atoms with E-state index in [4.69, 9.17) is 9.47 Å². The van der Waals surface area contributed by atoms with Gasteiger partial charge in [-0.15, -0.1) is 0 Å². The first-order valence-corrected chi connectivity index (χ1v) is 26.0. The maximum atomic E-state index is 14.1. The lowest BCUT2D eigenvalue weighted by Crippen LogP contribution is -2.28. The van der Waals surface area contributed by atoms with Crippen LogP contribution in [0.5, 0.6) is 0 Å². The van der Waals surface area contributed by atoms with Crippen LogP contribution in [0, 0.1) is 16.2 Å². The second-order valence-electron chi connectivity index (χ2n) is 21.5. The zero-order valence-electron chi connectivity index (χ0n) is 42.3. The quantitative estimate of drug-likeness (QED) is 0.0525. The van der Waals surface area contributed by atoms with Gasteiger partial charge in [-0.1, -0.05) is 169 Å². The van der Waals surface area contributed by atoms with Gasteiger partial charge in [0.05, 0.1) is 30.0 Å². The van der Waals surface area contributed by atoms with Crippen LogP contribution in [0.15, 0.2) is 120 Å². The molecule has 2 fully saturated rings. The summed E-state index contributed by atoms with van der Waals surface area (Å²) in [4.78, 5) is 10.2. The first-order chi connectivity index (χ1) is 30.5. The summed E-state index contributed by atoms with van der Waals surface area (Å²) in [5.74, 6) is 0. The first kappa shape index (κ1) is 58.0. The maximum absolute atomic E-state index is 14.1. The third kappa shape index (κ3) is 25.5. The van der Waals surface area contributed by atoms with Crippen molar-refractivity contribution in [3.8, 4) is 0 Å². The summed E-state index contributed by atoms with van der Waals surface area (Å²) in [6.45, 7) is 19.3. The summed E-state index contributed by atoms with van der Waals surface area (Å²) >= 11 is 0. The molecule has 8 heteroatoms. The molecule has 0 bridgehead atoms. The van der Waals surface area contributed by atoms with Crippen LogP contribution < -0.4 is 10.6 Å². The summed E-state index contributed by atoms with van der Waals surface area (Å²) in [5, 5.41) is 30.8. The lowest BCUT2D eigenvalue weighted by Gasteiger charge is -2.30. The van der Waals surface area contributed by atoms with Crippen LogP contribution in [-0.4, -0.2) is 72.0 Å². The normalized spacial score (nSPS) is 20.0. The molecule has 2 unspecified atom stereocenters. The zero-order valence-corrected chi connectivity index (χ0v) is 43.2. The second kappa shape index (κ2) is 28.9. The van der Waals surface area contributed by atoms with Crippen molar-refractivity contribution in [3.63, 3.8) is 0 Å². The summed E-state index contributed by atoms with van der Waals surface area (Å²) in [6, 6.07) is 19.7. The average molecular weight is 917 g/mol. The SMILES string of the molecule is CC(C)(C)/C=C\CC(C)(C)CCCC=O.CC(C)(O)/C=C\CC(C)(C)CCC/C=C/C=C1C[C@@H](O)C[C@H](O)C1.COC1CC(=CCP(=O)(c2ccccc2)c2ccccc2)CC(OC)C1. The average Bonchev–Trinajstić information content (AvgIpc) is 3.23. The summed E-state index contributed by atoms with van der Waals surface area (Å²) in [7, 11) is 0.793. The molecular formula is C57H89O7P. The Kier molecular flexibility index (Phi) is 25.8. The summed E-state index contributed by atoms with van der Waals surface area (Å²) in [6.07, 6.45) is 30.8. The third-order valence-corrected chi connectivity index (χ3v) is 15.0. The van der Waals surface area contributed by atoms with Gasteiger partial charge >= 0.3 is 0 Å². The van der Waals surface area contributed by atoms with E-state index in [0.717, 1.165) is 86.7 Å². The van der Waals surface area contributed by atoms with E-state index in [1.807, 2.05) is 72.8 Å². The van der Waals surface area contributed by atoms with Crippen LogP contribution in [0.25, 0.3) is 0 Å². The van der Waals surface area contributed by atoms with E-state index in [1.165, 1.54) is 5.57 Å². The highest BCUT2D eigenvalue weighted by atomic mass is 31.2. The van der Waals surface area contributed by atoms with Crippen LogP contribution in [0.1, 0.15) is 152 Å². The van der Waals surface area contributed by atoms with Gasteiger partial charge in [-0.25, -0.2) is 0 Å². The monoisotopic (exact) mass is 917 g/mol. The zero-order chi connectivity index (χ0) is 48.6. The van der Waals surface area contributed by atoms with Gasteiger partial charge in [-0.2, -0.15) is 0 Å². The smallest absolute Gasteiger partial charge is 0.146 e. The minimum Gasteiger partial charge on any atom is -0.393 e. The Labute approximate surface area is 396 Å². The molecule has 2 aromatic rings. The number of hydrogen-bond acceptors (Lipinski definition) is 7. The van der Waals surface area contributed by atoms with Crippen molar-refractivity contribution in [2.24, 2.45) is 16.2 Å². The van der Waals surface area contributed by atoms with Crippen molar-refractivity contribution in [2.75, 3.05) is 20.4 Å². The summed E-state index contributed by atoms with van der Waals surface area (Å²) < 4.78 is 25.2. The number of carbonyl (C=O) groups is 1. The number of aliphatic hydroxyl groups excluding tert-OH is 2. The number of unbranched alkanes of at least 4 members (excludes halogenated alkanes) is 2. The molecule has 4 rings (SSSR count). The molecule has 4 atom stereocenters. The number of allylic oxidation sites excluding steroid dienone is 7. The summed E-state index contributed by atoms with van der Waals surface area (Å²) in [5.41, 5.74) is 2.53. The topological polar surface area (TPSA) is 113 Å². The minimum atomic E-state index is -2.71. The predicted molar refractivity (Wildman–Crippen MR) is 276 cm³/mol. The van der Waals surface area contributed by atoms with Gasteiger partial charge in [0.25, 0.3) is 0 Å². The molecule has 7 nitrogen and oxygen atoms in total. The standard InChI is InChI=1S/C22H27O3P.C21H36O3.C14H26O/c1-24-19-15-18(16-20(17-19)25-2)13-14-26(23,21-9-5-3-6-10-21)22-11-7-4-8-12-22;1-20(2,12-9-13-21(3,4)24)11-8-6-5-7-10-17-14-18(22)16-19(23)15-17;1-13(2,3)9-8-11-14(4,5)10-6-7-12-15/h3-13,19-20H,14-17H2,1-2H3;5,7,9-10,13,18-19,22-24H,6,8,11-12,14-16H2,1-4H3;8-9,12H,6-7,10-11H2,1-5H3/b;7-5+,13-9-;9-8-/t;18-,19-;/m.1./s1. The van der Waals surface area contributed by atoms with Gasteiger partial charge in [-0.3, -0.25) is 0 Å². The largest absolute Gasteiger partial charge is 0.393 e. The molecule has 65 heavy (non-hydrogen) atoms. The minimum absolute atomic E-state index is 0.174. The van der Waals surface area contributed by atoms with Gasteiger partial charge in [0.15, 0.2) is 0 Å². The van der Waals surface area contributed by atoms with Crippen molar-refractivity contribution in [1.82, 2.24) is 0 Å². The molecule has 364 valence electrons. The van der Waals surface area contributed by atoms with E-state index in [9.17, 15) is 24.7 Å². The Bertz CT molecular complexity index is 1760. The molecule has 0 aliphatic heterocycles. The van der Waals surface area contributed by atoms with Crippen molar-refractivity contribution in [2.45, 2.75) is 182 Å². The van der Waals surface area contributed by atoms with Crippen LogP contribution in [0.3, 0.4) is 0 Å². The molecule has 0 radical (unpaired) electrons. The Hall–Kier alpha value is -3.16. The van der Waals surface area contributed by atoms with E-state index in [2.05, 4.69) is 84.9 Å². The van der Waals surface area contributed by atoms with Crippen LogP contribution in [0.4, 0.5) is 0 Å². The van der Waals surface area contributed by atoms with Crippen LogP contribution >= 0.6 is 7.14 Å². The molecule has 3 N–H and O–H groups in total. The number of hydrogen-bond donors (Lipinski definition) is 3. The number of rotatable bonds is 20. The molecule has 0 amide bonds. The molecule has 2 saturated carbocycles. The molecule has 0 heterocycles. The molecule has 0 saturated heterocycles. The van der Waals surface area contributed by atoms with Crippen molar-refractivity contribution in [1.29, 1.82) is 0 Å². The van der Waals surface area contributed by atoms with Crippen molar-refractivity contribution < 1.29 is 34.2 Å². The van der Waals surface area contributed by atoms with E-state index in [-0.39, 0.29) is 23.0 Å². The van der Waals surface area contributed by atoms with Crippen LogP contribution in [0.2, 0.25) is 0 Å². The molecule has 2 aliphatic rings. The van der Waals surface area contributed by atoms with E-state index < -0.39 is 25.0 Å². The highest BCUT2D eigenvalue weighted by molar-refractivity contribution is 7.78. The highest BCUT2D eigenvalue weighted by Crippen LogP contribution is 2.44. The number of ether oxygens (including phenoxy) is 2. The Balaban J connectivity index is 0.000000348. The van der Waals surface area contributed by atoms with E-state index in [0.29, 0.717) is 37.3 Å². The van der Waals surface area contributed by atoms with Crippen molar-refractivity contribution >= 4 is 24.0 Å². The van der Waals surface area contributed by atoms with Gasteiger partial charge in [0.1, 0.15) is 13.4 Å². The fourth-order valence-electron chi connectivity index (χ4n) is 8.18. The van der Waals surface area contributed by atoms with E-state index in [1.54, 1.807) is 28.1 Å².